The van der Waals surface area contributed by atoms with Gasteiger partial charge in [0.05, 0.1) is 18.1 Å². The van der Waals surface area contributed by atoms with E-state index in [4.69, 9.17) is 9.72 Å². The minimum Gasteiger partial charge on any atom is -0.480 e. The van der Waals surface area contributed by atoms with Gasteiger partial charge >= 0.3 is 5.97 Å². The summed E-state index contributed by atoms with van der Waals surface area (Å²) >= 11 is 2.78. The van der Waals surface area contributed by atoms with E-state index < -0.39 is 10.7 Å². The molecule has 1 amide bonds. The van der Waals surface area contributed by atoms with Gasteiger partial charge in [0.2, 0.25) is 0 Å². The summed E-state index contributed by atoms with van der Waals surface area (Å²) < 4.78 is 4.50. The lowest BCUT2D eigenvalue weighted by atomic mass is 10.1. The number of nitrogens with one attached hydrogen (secondary N) is 1. The number of nitrogens with zero attached hydrogens (tertiary/aromatic N) is 2. The van der Waals surface area contributed by atoms with Gasteiger partial charge in [0.15, 0.2) is 0 Å². The molecule has 4 aromatic rings. The van der Waals surface area contributed by atoms with E-state index in [1.807, 2.05) is 79.7 Å². The summed E-state index contributed by atoms with van der Waals surface area (Å²) in [4.78, 5) is 33.9. The van der Waals surface area contributed by atoms with Crippen LogP contribution in [0, 0.1) is 6.92 Å². The molecular formula is C31H31N3O4S2. The molecule has 0 aliphatic carbocycles. The number of aromatic nitrogens is 1. The molecule has 7 nitrogen and oxygen atoms in total. The van der Waals surface area contributed by atoms with E-state index in [-0.39, 0.29) is 5.91 Å². The van der Waals surface area contributed by atoms with Crippen LogP contribution in [0.3, 0.4) is 0 Å². The van der Waals surface area contributed by atoms with Crippen molar-refractivity contribution in [3.05, 3.63) is 84.1 Å². The molecule has 0 saturated carbocycles. The molecule has 0 atom stereocenters. The van der Waals surface area contributed by atoms with E-state index in [2.05, 4.69) is 10.2 Å². The number of ether oxygens (including phenoxy) is 1. The molecule has 2 heterocycles. The van der Waals surface area contributed by atoms with E-state index >= 15 is 0 Å². The van der Waals surface area contributed by atoms with Gasteiger partial charge in [0.25, 0.3) is 5.91 Å². The number of carboxylic acid groups (broad SMARTS) is 1. The monoisotopic (exact) mass is 573 g/mol. The zero-order chi connectivity index (χ0) is 28.3. The number of thiazole rings is 1. The molecule has 2 N–H and O–H groups in total. The van der Waals surface area contributed by atoms with Crippen LogP contribution in [0.25, 0.3) is 21.0 Å². The van der Waals surface area contributed by atoms with Crippen LogP contribution in [0.2, 0.25) is 0 Å². The highest BCUT2D eigenvalue weighted by molar-refractivity contribution is 8.01. The number of morpholine rings is 1. The first-order valence-corrected chi connectivity index (χ1v) is 14.7. The Hall–Kier alpha value is -3.66. The van der Waals surface area contributed by atoms with Gasteiger partial charge in [-0.25, -0.2) is 4.98 Å². The predicted molar refractivity (Wildman–Crippen MR) is 163 cm³/mol. The standard InChI is InChI=1S/C31H31N3O4S2/c1-20-19-24(40-31(2,3)30(36)37)13-14-25(20)29-33-26(27(39-29)21-7-5-4-6-8-21)28(35)32-22-9-11-23(12-10-22)34-15-17-38-18-16-34/h4-14,19H,15-18H2,1-3H3,(H,32,35)(H,36,37). The van der Waals surface area contributed by atoms with Crippen LogP contribution in [-0.2, 0) is 9.53 Å². The number of hydrogen-bond donors (Lipinski definition) is 2. The number of hydrogen-bond acceptors (Lipinski definition) is 7. The molecule has 5 rings (SSSR count). The maximum Gasteiger partial charge on any atom is 0.319 e. The molecule has 1 aliphatic rings. The fourth-order valence-corrected chi connectivity index (χ4v) is 6.63. The summed E-state index contributed by atoms with van der Waals surface area (Å²) in [5, 5.41) is 13.3. The molecule has 0 radical (unpaired) electrons. The van der Waals surface area contributed by atoms with Crippen LogP contribution >= 0.6 is 23.1 Å². The number of carboxylic acids is 1. The molecule has 1 saturated heterocycles. The van der Waals surface area contributed by atoms with E-state index in [0.29, 0.717) is 24.6 Å². The number of aryl methyl sites for hydroxylation is 1. The Morgan fingerprint density at radius 1 is 1.02 bits per heavy atom. The maximum atomic E-state index is 13.5. The van der Waals surface area contributed by atoms with Crippen LogP contribution in [0.1, 0.15) is 29.9 Å². The van der Waals surface area contributed by atoms with Crippen molar-refractivity contribution in [1.29, 1.82) is 0 Å². The third kappa shape index (κ3) is 6.22. The Kier molecular flexibility index (Phi) is 8.25. The third-order valence-electron chi connectivity index (χ3n) is 6.70. The topological polar surface area (TPSA) is 91.8 Å². The summed E-state index contributed by atoms with van der Waals surface area (Å²) in [7, 11) is 0. The lowest BCUT2D eigenvalue weighted by Crippen LogP contribution is -2.36. The Morgan fingerprint density at radius 2 is 1.73 bits per heavy atom. The van der Waals surface area contributed by atoms with Crippen LogP contribution in [-0.4, -0.2) is 53.0 Å². The Bertz CT molecular complexity index is 1510. The van der Waals surface area contributed by atoms with E-state index in [1.54, 1.807) is 13.8 Å². The van der Waals surface area contributed by atoms with Crippen molar-refractivity contribution in [2.75, 3.05) is 36.5 Å². The first kappa shape index (κ1) is 27.9. The van der Waals surface area contributed by atoms with Crippen molar-refractivity contribution in [3.8, 4) is 21.0 Å². The minimum absolute atomic E-state index is 0.270. The second-order valence-electron chi connectivity index (χ2n) is 10.1. The zero-order valence-electron chi connectivity index (χ0n) is 22.6. The first-order valence-electron chi connectivity index (χ1n) is 13.0. The summed E-state index contributed by atoms with van der Waals surface area (Å²) in [5.74, 6) is -1.13. The SMILES string of the molecule is Cc1cc(SC(C)(C)C(=O)O)ccc1-c1nc(C(=O)Nc2ccc(N3CCOCC3)cc2)c(-c2ccccc2)s1. The fourth-order valence-electron chi connectivity index (χ4n) is 4.42. The molecule has 9 heteroatoms. The van der Waals surface area contributed by atoms with Gasteiger partial charge < -0.3 is 20.1 Å². The van der Waals surface area contributed by atoms with Crippen LogP contribution < -0.4 is 10.2 Å². The second kappa shape index (κ2) is 11.8. The molecule has 1 aromatic heterocycles. The lowest BCUT2D eigenvalue weighted by molar-refractivity contribution is -0.138. The first-order chi connectivity index (χ1) is 19.2. The third-order valence-corrected chi connectivity index (χ3v) is 9.01. The number of aliphatic carboxylic acids is 1. The number of thioether (sulfide) groups is 1. The highest BCUT2D eigenvalue weighted by Crippen LogP contribution is 2.39. The van der Waals surface area contributed by atoms with Crippen LogP contribution in [0.5, 0.6) is 0 Å². The normalized spacial score (nSPS) is 13.7. The van der Waals surface area contributed by atoms with Crippen LogP contribution in [0.15, 0.2) is 77.7 Å². The number of carbonyl (C=O) groups is 2. The zero-order valence-corrected chi connectivity index (χ0v) is 24.3. The van der Waals surface area contributed by atoms with Gasteiger partial charge in [-0.1, -0.05) is 36.4 Å². The number of anilines is 2. The smallest absolute Gasteiger partial charge is 0.319 e. The van der Waals surface area contributed by atoms with Gasteiger partial charge in [-0.3, -0.25) is 9.59 Å². The fraction of sp³-hybridized carbons (Fsp3) is 0.258. The van der Waals surface area contributed by atoms with Gasteiger partial charge in [0.1, 0.15) is 15.4 Å². The quantitative estimate of drug-likeness (QED) is 0.223. The van der Waals surface area contributed by atoms with Crippen molar-refractivity contribution < 1.29 is 19.4 Å². The highest BCUT2D eigenvalue weighted by Gasteiger charge is 2.29. The van der Waals surface area contributed by atoms with E-state index in [1.165, 1.54) is 23.1 Å². The van der Waals surface area contributed by atoms with E-state index in [9.17, 15) is 14.7 Å². The number of benzene rings is 3. The van der Waals surface area contributed by atoms with Crippen LogP contribution in [0.4, 0.5) is 11.4 Å². The van der Waals surface area contributed by atoms with Gasteiger partial charge in [0, 0.05) is 34.9 Å². The van der Waals surface area contributed by atoms with Gasteiger partial charge in [-0.05, 0) is 68.3 Å². The summed E-state index contributed by atoms with van der Waals surface area (Å²) in [5.41, 5.74) is 4.97. The van der Waals surface area contributed by atoms with Crippen molar-refractivity contribution in [1.82, 2.24) is 4.98 Å². The Morgan fingerprint density at radius 3 is 2.38 bits per heavy atom. The van der Waals surface area contributed by atoms with Gasteiger partial charge in [-0.15, -0.1) is 23.1 Å². The summed E-state index contributed by atoms with van der Waals surface area (Å²) in [6, 6.07) is 23.5. The average Bonchev–Trinajstić information content (AvgIpc) is 3.40. The number of carbonyl (C=O) groups excluding carboxylic acids is 1. The molecule has 3 aromatic carbocycles. The average molecular weight is 574 g/mol. The molecule has 1 fully saturated rings. The lowest BCUT2D eigenvalue weighted by Gasteiger charge is -2.28. The number of rotatable bonds is 8. The minimum atomic E-state index is -0.943. The molecule has 0 unspecified atom stereocenters. The molecule has 206 valence electrons. The number of amides is 1. The molecule has 0 bridgehead atoms. The Labute approximate surface area is 242 Å². The molecule has 0 spiro atoms. The summed E-state index contributed by atoms with van der Waals surface area (Å²) in [6.45, 7) is 8.50. The second-order valence-corrected chi connectivity index (χ2v) is 12.8. The van der Waals surface area contributed by atoms with Gasteiger partial charge in [-0.2, -0.15) is 0 Å². The molecule has 40 heavy (non-hydrogen) atoms. The van der Waals surface area contributed by atoms with Crippen molar-refractivity contribution in [2.45, 2.75) is 30.4 Å². The van der Waals surface area contributed by atoms with E-state index in [0.717, 1.165) is 50.2 Å². The Balaban J connectivity index is 1.42. The largest absolute Gasteiger partial charge is 0.480 e. The van der Waals surface area contributed by atoms with Crippen molar-refractivity contribution in [2.24, 2.45) is 0 Å². The molecule has 1 aliphatic heterocycles. The van der Waals surface area contributed by atoms with Crippen molar-refractivity contribution in [3.63, 3.8) is 0 Å². The predicted octanol–water partition coefficient (Wildman–Crippen LogP) is 6.83. The van der Waals surface area contributed by atoms with Crippen molar-refractivity contribution >= 4 is 46.3 Å². The summed E-state index contributed by atoms with van der Waals surface area (Å²) in [6.07, 6.45) is 0. The highest BCUT2D eigenvalue weighted by atomic mass is 32.2. The maximum absolute atomic E-state index is 13.5. The molecular weight excluding hydrogens is 542 g/mol.